The molecule has 1 aliphatic rings. The molecule has 1 fully saturated rings. The number of carbonyl (C=O) groups is 1. The van der Waals surface area contributed by atoms with E-state index in [1.807, 2.05) is 0 Å². The van der Waals surface area contributed by atoms with Crippen LogP contribution < -0.4 is 0 Å². The van der Waals surface area contributed by atoms with Crippen molar-refractivity contribution in [3.05, 3.63) is 24.3 Å². The summed E-state index contributed by atoms with van der Waals surface area (Å²) >= 11 is 0. The highest BCUT2D eigenvalue weighted by Crippen LogP contribution is 2.36. The van der Waals surface area contributed by atoms with Crippen molar-refractivity contribution in [2.45, 2.75) is 82.9 Å². The Hall–Kier alpha value is -1.17. The van der Waals surface area contributed by atoms with Gasteiger partial charge in [0, 0.05) is 24.2 Å². The van der Waals surface area contributed by atoms with E-state index in [0.717, 1.165) is 25.3 Å². The summed E-state index contributed by atoms with van der Waals surface area (Å²) in [5, 5.41) is 39.3. The summed E-state index contributed by atoms with van der Waals surface area (Å²) in [5.74, 6) is -2.23. The minimum absolute atomic E-state index is 0.173. The van der Waals surface area contributed by atoms with Gasteiger partial charge in [0.25, 0.3) is 0 Å². The molecule has 144 valence electrons. The molecule has 5 atom stereocenters. The number of hydrogen-bond donors (Lipinski definition) is 4. The maximum absolute atomic E-state index is 10.8. The Morgan fingerprint density at radius 2 is 2.04 bits per heavy atom. The molecular formula is C20H34O5. The topological polar surface area (TPSA) is 98.0 Å². The van der Waals surface area contributed by atoms with Crippen LogP contribution >= 0.6 is 0 Å². The molecule has 0 spiro atoms. The number of unbranched alkanes of at least 4 members (excludes halogenated alkanes) is 2. The van der Waals surface area contributed by atoms with Crippen LogP contribution in [0, 0.1) is 11.8 Å². The molecule has 5 heteroatoms. The van der Waals surface area contributed by atoms with Crippen LogP contribution in [0.5, 0.6) is 0 Å². The summed E-state index contributed by atoms with van der Waals surface area (Å²) in [4.78, 5) is 10.8. The summed E-state index contributed by atoms with van der Waals surface area (Å²) in [6, 6.07) is 0. The number of carboxylic acid groups (broad SMARTS) is 1. The number of rotatable bonds is 12. The Balaban J connectivity index is 2.76. The van der Waals surface area contributed by atoms with E-state index >= 15 is 0 Å². The summed E-state index contributed by atoms with van der Waals surface area (Å²) in [7, 11) is 0. The summed E-state index contributed by atoms with van der Waals surface area (Å²) in [6.07, 6.45) is 1.45. The fourth-order valence-electron chi connectivity index (χ4n) is 3.13. The number of aliphatic carboxylic acids is 1. The van der Waals surface area contributed by atoms with E-state index in [4.69, 9.17) is 10.6 Å². The lowest BCUT2D eigenvalue weighted by Crippen LogP contribution is -2.20. The lowest BCUT2D eigenvalue weighted by molar-refractivity contribution is -0.137. The van der Waals surface area contributed by atoms with E-state index in [2.05, 4.69) is 6.92 Å². The first-order valence-corrected chi connectivity index (χ1v) is 9.03. The summed E-state index contributed by atoms with van der Waals surface area (Å²) < 4.78 is 31.0. The largest absolute Gasteiger partial charge is 0.481 e. The van der Waals surface area contributed by atoms with Crippen LogP contribution in [0.3, 0.4) is 0 Å². The standard InChI is InChI=1S/C20H34O5/c1-2-3-6-9-15(21)12-13-17-16(18(22)14-19(17)23)10-7-4-5-8-11-20(24)25/h4,7,12-13,15-19,21-23H,2-3,5-6,8-11,14H2,1H3,(H,24,25)/b7-4-,13-12+/t15-,16+,17+,18-,19+/m0/s1/i5D2,8D2. The van der Waals surface area contributed by atoms with Crippen molar-refractivity contribution in [1.29, 1.82) is 0 Å². The highest BCUT2D eigenvalue weighted by Gasteiger charge is 2.39. The van der Waals surface area contributed by atoms with Gasteiger partial charge < -0.3 is 20.4 Å². The summed E-state index contributed by atoms with van der Waals surface area (Å²) in [5.41, 5.74) is 0. The van der Waals surface area contributed by atoms with Gasteiger partial charge in [0.15, 0.2) is 0 Å². The van der Waals surface area contributed by atoms with Crippen molar-refractivity contribution in [3.8, 4) is 0 Å². The third-order valence-electron chi connectivity index (χ3n) is 4.53. The van der Waals surface area contributed by atoms with E-state index in [1.165, 1.54) is 6.08 Å². The average molecular weight is 359 g/mol. The van der Waals surface area contributed by atoms with Gasteiger partial charge in [-0.25, -0.2) is 0 Å². The van der Waals surface area contributed by atoms with Gasteiger partial charge in [-0.2, -0.15) is 0 Å². The second kappa shape index (κ2) is 12.2. The molecule has 25 heavy (non-hydrogen) atoms. The Morgan fingerprint density at radius 3 is 2.72 bits per heavy atom. The fourth-order valence-corrected chi connectivity index (χ4v) is 3.13. The normalized spacial score (nSPS) is 31.7. The molecule has 0 radical (unpaired) electrons. The second-order valence-corrected chi connectivity index (χ2v) is 6.59. The molecule has 4 N–H and O–H groups in total. The molecule has 0 aromatic rings. The van der Waals surface area contributed by atoms with E-state index in [-0.39, 0.29) is 12.8 Å². The van der Waals surface area contributed by atoms with Gasteiger partial charge in [-0.15, -0.1) is 0 Å². The number of aliphatic hydroxyl groups excluding tert-OH is 3. The van der Waals surface area contributed by atoms with Crippen LogP contribution in [-0.4, -0.2) is 44.7 Å². The highest BCUT2D eigenvalue weighted by molar-refractivity contribution is 5.66. The van der Waals surface area contributed by atoms with Crippen LogP contribution in [0.4, 0.5) is 0 Å². The molecule has 0 amide bonds. The van der Waals surface area contributed by atoms with E-state index in [9.17, 15) is 20.1 Å². The molecule has 1 saturated carbocycles. The van der Waals surface area contributed by atoms with Crippen LogP contribution in [0.2, 0.25) is 0 Å². The van der Waals surface area contributed by atoms with Gasteiger partial charge in [-0.1, -0.05) is 50.5 Å². The smallest absolute Gasteiger partial charge is 0.303 e. The number of carboxylic acids is 1. The first-order valence-electron chi connectivity index (χ1n) is 11.0. The molecule has 1 aliphatic carbocycles. The predicted octanol–water partition coefficient (Wildman–Crippen LogP) is 3.04. The monoisotopic (exact) mass is 358 g/mol. The Labute approximate surface area is 156 Å². The lowest BCUT2D eigenvalue weighted by Gasteiger charge is -2.19. The van der Waals surface area contributed by atoms with E-state index in [1.54, 1.807) is 12.2 Å². The quantitative estimate of drug-likeness (QED) is 0.317. The van der Waals surface area contributed by atoms with Crippen molar-refractivity contribution in [2.75, 3.05) is 0 Å². The molecule has 0 saturated heterocycles. The Bertz CT molecular complexity index is 579. The molecular weight excluding hydrogens is 320 g/mol. The lowest BCUT2D eigenvalue weighted by atomic mass is 9.89. The van der Waals surface area contributed by atoms with Gasteiger partial charge in [0.05, 0.1) is 18.3 Å². The van der Waals surface area contributed by atoms with Crippen LogP contribution in [-0.2, 0) is 4.79 Å². The first-order chi connectivity index (χ1) is 13.4. The van der Waals surface area contributed by atoms with Crippen LogP contribution in [0.15, 0.2) is 24.3 Å². The molecule has 0 unspecified atom stereocenters. The first kappa shape index (κ1) is 16.0. The van der Waals surface area contributed by atoms with Crippen molar-refractivity contribution < 1.29 is 30.7 Å². The molecule has 0 aliphatic heterocycles. The number of aliphatic hydroxyl groups is 3. The van der Waals surface area contributed by atoms with Crippen molar-refractivity contribution in [1.82, 2.24) is 0 Å². The van der Waals surface area contributed by atoms with Crippen molar-refractivity contribution in [2.24, 2.45) is 11.8 Å². The van der Waals surface area contributed by atoms with Gasteiger partial charge >= 0.3 is 5.97 Å². The van der Waals surface area contributed by atoms with Crippen LogP contribution in [0.25, 0.3) is 0 Å². The number of hydrogen-bond acceptors (Lipinski definition) is 4. The van der Waals surface area contributed by atoms with Gasteiger partial charge in [0.2, 0.25) is 0 Å². The zero-order valence-electron chi connectivity index (χ0n) is 18.8. The number of allylic oxidation sites excluding steroid dienone is 2. The molecule has 0 aromatic carbocycles. The van der Waals surface area contributed by atoms with Gasteiger partial charge in [0.1, 0.15) is 0 Å². The molecule has 0 heterocycles. The van der Waals surface area contributed by atoms with Crippen molar-refractivity contribution >= 4 is 5.97 Å². The Kier molecular flexibility index (Phi) is 7.84. The fraction of sp³-hybridized carbons (Fsp3) is 0.750. The highest BCUT2D eigenvalue weighted by atomic mass is 16.4. The van der Waals surface area contributed by atoms with Crippen molar-refractivity contribution in [3.63, 3.8) is 0 Å². The maximum Gasteiger partial charge on any atom is 0.303 e. The third-order valence-corrected chi connectivity index (χ3v) is 4.53. The SMILES string of the molecule is [2H]C([2H])(/C=C\C[C@@H]1[C@@H](/C=C/[C@@H](O)CCCCC)[C@H](O)C[C@@H]1O)C([2H])([2H])CC(=O)O. The second-order valence-electron chi connectivity index (χ2n) is 6.59. The molecule has 0 bridgehead atoms. The zero-order valence-corrected chi connectivity index (χ0v) is 14.8. The minimum atomic E-state index is -2.58. The molecule has 5 nitrogen and oxygen atoms in total. The third kappa shape index (κ3) is 8.66. The maximum atomic E-state index is 10.8. The molecule has 1 rings (SSSR count). The van der Waals surface area contributed by atoms with Gasteiger partial charge in [-0.05, 0) is 31.5 Å². The average Bonchev–Trinajstić information content (AvgIpc) is 2.85. The molecule has 0 aromatic heterocycles. The van der Waals surface area contributed by atoms with Gasteiger partial charge in [-0.3, -0.25) is 4.79 Å². The van der Waals surface area contributed by atoms with E-state index < -0.39 is 55.3 Å². The summed E-state index contributed by atoms with van der Waals surface area (Å²) in [6.45, 7) is 2.08. The Morgan fingerprint density at radius 1 is 1.28 bits per heavy atom. The van der Waals surface area contributed by atoms with E-state index in [0.29, 0.717) is 6.42 Å². The van der Waals surface area contributed by atoms with Crippen LogP contribution in [0.1, 0.15) is 70.1 Å². The predicted molar refractivity (Wildman–Crippen MR) is 98.1 cm³/mol. The minimum Gasteiger partial charge on any atom is -0.481 e. The zero-order chi connectivity index (χ0) is 22.2.